The lowest BCUT2D eigenvalue weighted by molar-refractivity contribution is 1.29. The fourth-order valence-corrected chi connectivity index (χ4v) is 4.77. The summed E-state index contributed by atoms with van der Waals surface area (Å²) in [4.78, 5) is 9.86. The van der Waals surface area contributed by atoms with E-state index in [0.29, 0.717) is 0 Å². The van der Waals surface area contributed by atoms with Crippen molar-refractivity contribution in [2.24, 2.45) is 0 Å². The first kappa shape index (κ1) is 23.3. The number of hydrogen-bond acceptors (Lipinski definition) is 2. The van der Waals surface area contributed by atoms with Crippen LogP contribution in [0, 0.1) is 0 Å². The second kappa shape index (κ2) is 10.9. The molecule has 0 amide bonds. The summed E-state index contributed by atoms with van der Waals surface area (Å²) in [6.07, 6.45) is 6.06. The Labute approximate surface area is 223 Å². The maximum Gasteiger partial charge on any atom is 0.0787 e. The van der Waals surface area contributed by atoms with E-state index in [2.05, 4.69) is 126 Å². The van der Waals surface area contributed by atoms with Crippen molar-refractivity contribution >= 4 is 28.0 Å². The van der Waals surface area contributed by atoms with Crippen LogP contribution in [-0.2, 0) is 0 Å². The van der Waals surface area contributed by atoms with Crippen molar-refractivity contribution in [3.05, 3.63) is 174 Å². The smallest absolute Gasteiger partial charge is 0.0787 e. The molecule has 6 aromatic rings. The van der Waals surface area contributed by atoms with Crippen LogP contribution < -0.4 is 0 Å². The van der Waals surface area contributed by atoms with Crippen LogP contribution >= 0.6 is 0 Å². The molecule has 38 heavy (non-hydrogen) atoms. The van der Waals surface area contributed by atoms with Crippen LogP contribution in [0.15, 0.2) is 152 Å². The van der Waals surface area contributed by atoms with E-state index in [1.165, 1.54) is 0 Å². The Balaban J connectivity index is 1.68. The SMILES string of the molecule is C(=Cc1ccccn1)C(=C(c1ccccc1)c1cc2ccccc2c(-c2ccccc2)n1)c1ccccc1. The summed E-state index contributed by atoms with van der Waals surface area (Å²) in [6.45, 7) is 0. The van der Waals surface area contributed by atoms with Crippen molar-refractivity contribution in [1.29, 1.82) is 0 Å². The monoisotopic (exact) mass is 486 g/mol. The zero-order valence-electron chi connectivity index (χ0n) is 20.9. The van der Waals surface area contributed by atoms with E-state index in [4.69, 9.17) is 4.98 Å². The molecule has 0 fully saturated rings. The van der Waals surface area contributed by atoms with Gasteiger partial charge in [0.15, 0.2) is 0 Å². The quantitative estimate of drug-likeness (QED) is 0.173. The largest absolute Gasteiger partial charge is 0.257 e. The molecule has 0 aliphatic carbocycles. The van der Waals surface area contributed by atoms with Gasteiger partial charge in [0.2, 0.25) is 0 Å². The van der Waals surface area contributed by atoms with Crippen LogP contribution in [0.1, 0.15) is 22.5 Å². The van der Waals surface area contributed by atoms with Crippen molar-refractivity contribution in [2.75, 3.05) is 0 Å². The predicted octanol–water partition coefficient (Wildman–Crippen LogP) is 8.97. The highest BCUT2D eigenvalue weighted by Gasteiger charge is 2.17. The van der Waals surface area contributed by atoms with E-state index in [1.54, 1.807) is 0 Å². The molecule has 0 atom stereocenters. The zero-order chi connectivity index (χ0) is 25.6. The van der Waals surface area contributed by atoms with E-state index in [0.717, 1.165) is 55.7 Å². The van der Waals surface area contributed by atoms with Crippen LogP contribution in [0.25, 0.3) is 39.3 Å². The first-order chi connectivity index (χ1) is 18.9. The first-order valence-corrected chi connectivity index (χ1v) is 12.8. The fraction of sp³-hybridized carbons (Fsp3) is 0. The third-order valence-electron chi connectivity index (χ3n) is 6.57. The van der Waals surface area contributed by atoms with E-state index in [9.17, 15) is 0 Å². The number of hydrogen-bond donors (Lipinski definition) is 0. The van der Waals surface area contributed by atoms with E-state index in [1.807, 2.05) is 36.5 Å². The van der Waals surface area contributed by atoms with Gasteiger partial charge in [-0.2, -0.15) is 0 Å². The van der Waals surface area contributed by atoms with E-state index in [-0.39, 0.29) is 0 Å². The molecule has 4 aromatic carbocycles. The van der Waals surface area contributed by atoms with Gasteiger partial charge in [-0.25, -0.2) is 4.98 Å². The summed E-state index contributed by atoms with van der Waals surface area (Å²) in [7, 11) is 0. The highest BCUT2D eigenvalue weighted by molar-refractivity contribution is 6.05. The topological polar surface area (TPSA) is 25.8 Å². The lowest BCUT2D eigenvalue weighted by Gasteiger charge is -2.17. The molecule has 0 unspecified atom stereocenters. The van der Waals surface area contributed by atoms with Gasteiger partial charge in [-0.3, -0.25) is 4.98 Å². The molecular formula is C36H26N2. The number of aromatic nitrogens is 2. The lowest BCUT2D eigenvalue weighted by Crippen LogP contribution is -1.99. The maximum atomic E-state index is 5.34. The van der Waals surface area contributed by atoms with Crippen LogP contribution in [0.3, 0.4) is 0 Å². The van der Waals surface area contributed by atoms with Gasteiger partial charge in [0.1, 0.15) is 0 Å². The van der Waals surface area contributed by atoms with Crippen LogP contribution in [0.4, 0.5) is 0 Å². The summed E-state index contributed by atoms with van der Waals surface area (Å²) in [5.74, 6) is 0. The predicted molar refractivity (Wildman–Crippen MR) is 159 cm³/mol. The van der Waals surface area contributed by atoms with Gasteiger partial charge in [-0.05, 0) is 46.4 Å². The maximum absolute atomic E-state index is 5.34. The summed E-state index contributed by atoms with van der Waals surface area (Å²) in [6, 6.07) is 48.1. The fourth-order valence-electron chi connectivity index (χ4n) is 4.77. The molecule has 0 spiro atoms. The zero-order valence-corrected chi connectivity index (χ0v) is 20.9. The molecule has 6 rings (SSSR count). The second-order valence-corrected chi connectivity index (χ2v) is 9.05. The average Bonchev–Trinajstić information content (AvgIpc) is 3.00. The molecule has 0 aliphatic rings. The summed E-state index contributed by atoms with van der Waals surface area (Å²) in [5, 5.41) is 2.30. The Morgan fingerprint density at radius 3 is 1.92 bits per heavy atom. The van der Waals surface area contributed by atoms with Crippen molar-refractivity contribution < 1.29 is 0 Å². The molecule has 0 saturated carbocycles. The third-order valence-corrected chi connectivity index (χ3v) is 6.57. The first-order valence-electron chi connectivity index (χ1n) is 12.8. The number of benzene rings is 4. The minimum absolute atomic E-state index is 0.907. The minimum atomic E-state index is 0.907. The molecule has 2 aromatic heterocycles. The van der Waals surface area contributed by atoms with Gasteiger partial charge in [0, 0.05) is 22.7 Å². The van der Waals surface area contributed by atoms with Crippen LogP contribution in [0.2, 0.25) is 0 Å². The minimum Gasteiger partial charge on any atom is -0.257 e. The van der Waals surface area contributed by atoms with Crippen molar-refractivity contribution in [3.63, 3.8) is 0 Å². The molecule has 180 valence electrons. The van der Waals surface area contributed by atoms with Crippen molar-refractivity contribution in [2.45, 2.75) is 0 Å². The molecule has 0 bridgehead atoms. The highest BCUT2D eigenvalue weighted by atomic mass is 14.7. The molecule has 0 aliphatic heterocycles. The standard InChI is InChI=1S/C36H26N2/c1-4-14-27(15-5-1)32(24-23-31-21-12-13-25-37-31)35(28-16-6-2-7-17-28)34-26-30-20-10-11-22-33(30)36(38-34)29-18-8-3-9-19-29/h1-26H. The van der Waals surface area contributed by atoms with Gasteiger partial charge in [0.05, 0.1) is 17.1 Å². The average molecular weight is 487 g/mol. The summed E-state index contributed by atoms with van der Waals surface area (Å²) < 4.78 is 0. The highest BCUT2D eigenvalue weighted by Crippen LogP contribution is 2.36. The summed E-state index contributed by atoms with van der Waals surface area (Å²) >= 11 is 0. The summed E-state index contributed by atoms with van der Waals surface area (Å²) in [5.41, 5.74) is 8.31. The number of pyridine rings is 2. The lowest BCUT2D eigenvalue weighted by atomic mass is 9.90. The molecule has 0 radical (unpaired) electrons. The third kappa shape index (κ3) is 4.93. The van der Waals surface area contributed by atoms with Crippen LogP contribution in [-0.4, -0.2) is 9.97 Å². The number of allylic oxidation sites excluding steroid dienone is 2. The van der Waals surface area contributed by atoms with Gasteiger partial charge in [0.25, 0.3) is 0 Å². The van der Waals surface area contributed by atoms with Gasteiger partial charge >= 0.3 is 0 Å². The molecule has 2 heteroatoms. The Bertz CT molecular complexity index is 1720. The van der Waals surface area contributed by atoms with E-state index >= 15 is 0 Å². The van der Waals surface area contributed by atoms with Gasteiger partial charge < -0.3 is 0 Å². The Hall–Kier alpha value is -5.08. The number of nitrogens with zero attached hydrogens (tertiary/aromatic N) is 2. The van der Waals surface area contributed by atoms with E-state index < -0.39 is 0 Å². The number of rotatable bonds is 6. The number of fused-ring (bicyclic) bond motifs is 1. The molecule has 2 heterocycles. The second-order valence-electron chi connectivity index (χ2n) is 9.05. The Morgan fingerprint density at radius 1 is 0.579 bits per heavy atom. The van der Waals surface area contributed by atoms with Gasteiger partial charge in [-0.1, -0.05) is 127 Å². The molecule has 0 saturated heterocycles. The Kier molecular flexibility index (Phi) is 6.69. The normalized spacial score (nSPS) is 12.0. The molecular weight excluding hydrogens is 460 g/mol. The molecule has 2 nitrogen and oxygen atoms in total. The van der Waals surface area contributed by atoms with Gasteiger partial charge in [-0.15, -0.1) is 0 Å². The van der Waals surface area contributed by atoms with Crippen molar-refractivity contribution in [3.8, 4) is 11.3 Å². The molecule has 0 N–H and O–H groups in total. The van der Waals surface area contributed by atoms with Crippen molar-refractivity contribution in [1.82, 2.24) is 9.97 Å². The van der Waals surface area contributed by atoms with Crippen LogP contribution in [0.5, 0.6) is 0 Å². The Morgan fingerprint density at radius 2 is 1.21 bits per heavy atom.